The Kier molecular flexibility index (Phi) is 4.80. The number of hydrogen-bond donors (Lipinski definition) is 0. The van der Waals surface area contributed by atoms with Crippen molar-refractivity contribution >= 4 is 33.2 Å². The molecule has 1 aromatic rings. The number of nitrogens with zero attached hydrogens (tertiary/aromatic N) is 1. The van der Waals surface area contributed by atoms with Crippen LogP contribution in [0.1, 0.15) is 37.0 Å². The van der Waals surface area contributed by atoms with Gasteiger partial charge in [-0.3, -0.25) is 4.79 Å². The zero-order chi connectivity index (χ0) is 11.4. The Hall–Kier alpha value is -0.350. The molecule has 1 aromatic heterocycles. The zero-order valence-electron chi connectivity index (χ0n) is 9.29. The van der Waals surface area contributed by atoms with E-state index < -0.39 is 0 Å². The second-order valence-electron chi connectivity index (χ2n) is 3.53. The van der Waals surface area contributed by atoms with Crippen molar-refractivity contribution in [3.8, 4) is 0 Å². The number of amides is 1. The van der Waals surface area contributed by atoms with E-state index in [1.807, 2.05) is 23.4 Å². The summed E-state index contributed by atoms with van der Waals surface area (Å²) in [5.41, 5.74) is 0.779. The third-order valence-electron chi connectivity index (χ3n) is 2.62. The van der Waals surface area contributed by atoms with Crippen molar-refractivity contribution in [1.82, 2.24) is 4.90 Å². The number of carbonyl (C=O) groups is 1. The molecule has 1 amide bonds. The van der Waals surface area contributed by atoms with Crippen LogP contribution in [0.25, 0.3) is 0 Å². The van der Waals surface area contributed by atoms with Crippen LogP contribution in [0.5, 0.6) is 0 Å². The molecule has 0 bridgehead atoms. The Bertz CT molecular complexity index is 333. The first kappa shape index (κ1) is 12.7. The Labute approximate surface area is 103 Å². The minimum absolute atomic E-state index is 0.116. The second kappa shape index (κ2) is 5.66. The van der Waals surface area contributed by atoms with Crippen LogP contribution in [0.2, 0.25) is 0 Å². The average Bonchev–Trinajstić information content (AvgIpc) is 2.65. The largest absolute Gasteiger partial charge is 0.339 e. The fourth-order valence-electron chi connectivity index (χ4n) is 1.63. The highest BCUT2D eigenvalue weighted by molar-refractivity contribution is 9.11. The molecule has 0 aliphatic rings. The summed E-state index contributed by atoms with van der Waals surface area (Å²) in [5, 5.41) is 1.89. The van der Waals surface area contributed by atoms with E-state index in [2.05, 4.69) is 29.8 Å². The molecule has 1 rings (SSSR count). The van der Waals surface area contributed by atoms with Gasteiger partial charge < -0.3 is 4.90 Å². The third-order valence-corrected chi connectivity index (χ3v) is 4.13. The maximum atomic E-state index is 12.0. The molecule has 0 aliphatic carbocycles. The predicted octanol–water partition coefficient (Wildman–Crippen LogP) is 3.77. The molecule has 0 aliphatic heterocycles. The topological polar surface area (TPSA) is 20.3 Å². The predicted molar refractivity (Wildman–Crippen MR) is 68.5 cm³/mol. The molecule has 4 heteroatoms. The normalized spacial score (nSPS) is 10.7. The zero-order valence-corrected chi connectivity index (χ0v) is 11.7. The molecule has 0 saturated carbocycles. The first-order chi connectivity index (χ1) is 7.10. The number of halogens is 1. The van der Waals surface area contributed by atoms with Gasteiger partial charge in [-0.25, -0.2) is 0 Å². The molecule has 2 nitrogen and oxygen atoms in total. The Morgan fingerprint density at radius 2 is 2.13 bits per heavy atom. The fourth-order valence-corrected chi connectivity index (χ4v) is 2.76. The van der Waals surface area contributed by atoms with Gasteiger partial charge in [-0.1, -0.05) is 13.8 Å². The molecular weight excluding hydrogens is 274 g/mol. The van der Waals surface area contributed by atoms with Crippen LogP contribution in [0.15, 0.2) is 15.2 Å². The van der Waals surface area contributed by atoms with Crippen LogP contribution in [-0.2, 0) is 0 Å². The van der Waals surface area contributed by atoms with Gasteiger partial charge in [-0.2, -0.15) is 0 Å². The lowest BCUT2D eigenvalue weighted by atomic mass is 10.1. The van der Waals surface area contributed by atoms with Crippen LogP contribution >= 0.6 is 27.3 Å². The molecule has 0 atom stereocenters. The standard InChI is InChI=1S/C11H16BrNOS/c1-4-9(5-2)13(3)11(14)8-6-10(12)15-7-8/h6-7,9H,4-5H2,1-3H3. The molecule has 0 aromatic carbocycles. The van der Waals surface area contributed by atoms with Gasteiger partial charge in [0.15, 0.2) is 0 Å². The lowest BCUT2D eigenvalue weighted by Gasteiger charge is -2.25. The molecule has 1 heterocycles. The fraction of sp³-hybridized carbons (Fsp3) is 0.545. The smallest absolute Gasteiger partial charge is 0.254 e. The summed E-state index contributed by atoms with van der Waals surface area (Å²) in [6, 6.07) is 2.22. The third kappa shape index (κ3) is 3.05. The number of hydrogen-bond acceptors (Lipinski definition) is 2. The van der Waals surface area contributed by atoms with E-state index in [1.54, 1.807) is 11.3 Å². The number of rotatable bonds is 4. The van der Waals surface area contributed by atoms with Gasteiger partial charge >= 0.3 is 0 Å². The second-order valence-corrected chi connectivity index (χ2v) is 5.82. The average molecular weight is 290 g/mol. The quantitative estimate of drug-likeness (QED) is 0.826. The lowest BCUT2D eigenvalue weighted by Crippen LogP contribution is -2.35. The molecular formula is C11H16BrNOS. The summed E-state index contributed by atoms with van der Waals surface area (Å²) >= 11 is 4.91. The summed E-state index contributed by atoms with van der Waals surface area (Å²) in [4.78, 5) is 13.9. The summed E-state index contributed by atoms with van der Waals surface area (Å²) in [7, 11) is 1.88. The molecule has 0 radical (unpaired) electrons. The summed E-state index contributed by atoms with van der Waals surface area (Å²) in [5.74, 6) is 0.116. The Balaban J connectivity index is 2.76. The van der Waals surface area contributed by atoms with E-state index in [-0.39, 0.29) is 5.91 Å². The van der Waals surface area contributed by atoms with Gasteiger partial charge in [0.2, 0.25) is 0 Å². The highest BCUT2D eigenvalue weighted by Gasteiger charge is 2.18. The maximum Gasteiger partial charge on any atom is 0.254 e. The molecule has 0 spiro atoms. The van der Waals surface area contributed by atoms with Crippen molar-refractivity contribution < 1.29 is 4.79 Å². The summed E-state index contributed by atoms with van der Waals surface area (Å²) < 4.78 is 1.00. The number of thiophene rings is 1. The van der Waals surface area contributed by atoms with E-state index in [0.717, 1.165) is 22.2 Å². The van der Waals surface area contributed by atoms with Crippen molar-refractivity contribution in [1.29, 1.82) is 0 Å². The van der Waals surface area contributed by atoms with Crippen LogP contribution < -0.4 is 0 Å². The highest BCUT2D eigenvalue weighted by Crippen LogP contribution is 2.22. The van der Waals surface area contributed by atoms with Crippen molar-refractivity contribution in [3.05, 3.63) is 20.8 Å². The van der Waals surface area contributed by atoms with Crippen LogP contribution in [0.3, 0.4) is 0 Å². The minimum Gasteiger partial charge on any atom is -0.339 e. The molecule has 0 unspecified atom stereocenters. The Morgan fingerprint density at radius 3 is 2.53 bits per heavy atom. The SMILES string of the molecule is CCC(CC)N(C)C(=O)c1csc(Br)c1. The van der Waals surface area contributed by atoms with Crippen LogP contribution in [-0.4, -0.2) is 23.9 Å². The lowest BCUT2D eigenvalue weighted by molar-refractivity contribution is 0.0724. The number of carbonyl (C=O) groups excluding carboxylic acids is 1. The monoisotopic (exact) mass is 289 g/mol. The van der Waals surface area contributed by atoms with Crippen LogP contribution in [0.4, 0.5) is 0 Å². The van der Waals surface area contributed by atoms with E-state index in [0.29, 0.717) is 6.04 Å². The van der Waals surface area contributed by atoms with Gasteiger partial charge in [0, 0.05) is 18.5 Å². The van der Waals surface area contributed by atoms with Crippen molar-refractivity contribution in [2.24, 2.45) is 0 Å². The van der Waals surface area contributed by atoms with Gasteiger partial charge in [0.05, 0.1) is 9.35 Å². The molecule has 84 valence electrons. The van der Waals surface area contributed by atoms with Gasteiger partial charge in [0.25, 0.3) is 5.91 Å². The van der Waals surface area contributed by atoms with Gasteiger partial charge in [-0.15, -0.1) is 11.3 Å². The first-order valence-corrected chi connectivity index (χ1v) is 6.78. The molecule has 15 heavy (non-hydrogen) atoms. The van der Waals surface area contributed by atoms with E-state index in [9.17, 15) is 4.79 Å². The minimum atomic E-state index is 0.116. The van der Waals surface area contributed by atoms with E-state index in [1.165, 1.54) is 0 Å². The van der Waals surface area contributed by atoms with E-state index in [4.69, 9.17) is 0 Å². The first-order valence-electron chi connectivity index (χ1n) is 5.11. The van der Waals surface area contributed by atoms with Gasteiger partial charge in [-0.05, 0) is 34.8 Å². The molecule has 0 N–H and O–H groups in total. The maximum absolute atomic E-state index is 12.0. The Morgan fingerprint density at radius 1 is 1.53 bits per heavy atom. The van der Waals surface area contributed by atoms with Crippen LogP contribution in [0, 0.1) is 0 Å². The van der Waals surface area contributed by atoms with Crippen molar-refractivity contribution in [2.45, 2.75) is 32.7 Å². The van der Waals surface area contributed by atoms with Crippen molar-refractivity contribution in [3.63, 3.8) is 0 Å². The molecule has 0 saturated heterocycles. The summed E-state index contributed by atoms with van der Waals surface area (Å²) in [6.45, 7) is 4.23. The van der Waals surface area contributed by atoms with E-state index >= 15 is 0 Å². The molecule has 0 fully saturated rings. The summed E-state index contributed by atoms with van der Waals surface area (Å²) in [6.07, 6.45) is 2.01. The van der Waals surface area contributed by atoms with Gasteiger partial charge in [0.1, 0.15) is 0 Å². The van der Waals surface area contributed by atoms with Crippen molar-refractivity contribution in [2.75, 3.05) is 7.05 Å². The highest BCUT2D eigenvalue weighted by atomic mass is 79.9.